The Kier molecular flexibility index (Phi) is 8.02. The summed E-state index contributed by atoms with van der Waals surface area (Å²) in [6.45, 7) is 1.76. The van der Waals surface area contributed by atoms with E-state index in [1.54, 1.807) is 38.1 Å². The minimum absolute atomic E-state index is 0.0323. The summed E-state index contributed by atoms with van der Waals surface area (Å²) in [5.74, 6) is -5.04. The average molecular weight is 513 g/mol. The number of aromatic nitrogens is 1. The highest BCUT2D eigenvalue weighted by molar-refractivity contribution is 5.93. The predicted molar refractivity (Wildman–Crippen MR) is 123 cm³/mol. The van der Waals surface area contributed by atoms with Gasteiger partial charge in [-0.25, -0.2) is 8.78 Å². The van der Waals surface area contributed by atoms with Crippen LogP contribution in [0.2, 0.25) is 0 Å². The van der Waals surface area contributed by atoms with Crippen LogP contribution in [0.4, 0.5) is 22.0 Å². The molecule has 1 aromatic carbocycles. The first-order chi connectivity index (χ1) is 16.7. The molecule has 0 saturated heterocycles. The van der Waals surface area contributed by atoms with Crippen molar-refractivity contribution in [3.05, 3.63) is 64.5 Å². The number of primary amides is 1. The van der Waals surface area contributed by atoms with E-state index in [0.717, 1.165) is 12.1 Å². The number of alkyl halides is 3. The Bertz CT molecular complexity index is 1090. The van der Waals surface area contributed by atoms with Crippen LogP contribution in [0, 0.1) is 24.0 Å². The van der Waals surface area contributed by atoms with Gasteiger partial charge in [-0.3, -0.25) is 14.6 Å². The molecule has 196 valence electrons. The average Bonchev–Trinajstić information content (AvgIpc) is 3.57. The number of nitrogens with one attached hydrogen (secondary N) is 1. The molecule has 3 rings (SSSR count). The molecule has 1 aliphatic rings. The van der Waals surface area contributed by atoms with Crippen LogP contribution in [0.25, 0.3) is 0 Å². The molecule has 0 aliphatic heterocycles. The fourth-order valence-corrected chi connectivity index (χ4v) is 4.46. The maximum absolute atomic E-state index is 14.1. The molecule has 3 N–H and O–H groups in total. The summed E-state index contributed by atoms with van der Waals surface area (Å²) in [6.07, 6.45) is -3.44. The first kappa shape index (κ1) is 27.5. The Morgan fingerprint density at radius 2 is 1.78 bits per heavy atom. The second-order valence-electron chi connectivity index (χ2n) is 9.57. The highest BCUT2D eigenvalue weighted by atomic mass is 19.4. The Labute approximate surface area is 206 Å². The van der Waals surface area contributed by atoms with Crippen LogP contribution in [0.1, 0.15) is 52.4 Å². The predicted octanol–water partition coefficient (Wildman–Crippen LogP) is 3.87. The van der Waals surface area contributed by atoms with E-state index in [1.165, 1.54) is 6.20 Å². The maximum atomic E-state index is 14.1. The third-order valence-electron chi connectivity index (χ3n) is 6.83. The second kappa shape index (κ2) is 10.5. The third kappa shape index (κ3) is 6.00. The molecule has 1 aliphatic carbocycles. The SMILES string of the molecule is Cc1ccc([C@@H](CC(=O)NC[C@H](Cc2cc(F)c(C(N)=O)c(F)c2)N(C)C)C2(C(F)(F)F)CC2)cn1. The standard InChI is InChI=1S/C25H29F5N4O2/c1-14-4-5-16(12-32-14)18(24(6-7-24)25(28,29)30)11-21(35)33-13-17(34(2)3)8-15-9-19(26)22(23(31)36)20(27)10-15/h4-5,9-10,12,17-18H,6-8,11,13H2,1-3H3,(H2,31,36)(H,33,35)/t17-,18+/m0/s1. The Hall–Kier alpha value is -3.08. The van der Waals surface area contributed by atoms with Gasteiger partial charge in [-0.1, -0.05) is 6.07 Å². The van der Waals surface area contributed by atoms with Crippen molar-refractivity contribution in [2.24, 2.45) is 11.1 Å². The zero-order valence-electron chi connectivity index (χ0n) is 20.3. The number of likely N-dealkylation sites (N-methyl/N-ethyl adjacent to an activating group) is 1. The maximum Gasteiger partial charge on any atom is 0.395 e. The molecule has 2 aromatic rings. The lowest BCUT2D eigenvalue weighted by atomic mass is 9.80. The second-order valence-corrected chi connectivity index (χ2v) is 9.57. The summed E-state index contributed by atoms with van der Waals surface area (Å²) < 4.78 is 70.1. The molecule has 6 nitrogen and oxygen atoms in total. The Morgan fingerprint density at radius 1 is 1.17 bits per heavy atom. The quantitative estimate of drug-likeness (QED) is 0.473. The number of hydrogen-bond donors (Lipinski definition) is 2. The van der Waals surface area contributed by atoms with Gasteiger partial charge in [-0.05, 0) is 69.6 Å². The third-order valence-corrected chi connectivity index (χ3v) is 6.83. The van der Waals surface area contributed by atoms with Crippen molar-refractivity contribution in [1.29, 1.82) is 0 Å². The topological polar surface area (TPSA) is 88.3 Å². The van der Waals surface area contributed by atoms with Crippen LogP contribution in [0.15, 0.2) is 30.5 Å². The molecule has 0 radical (unpaired) electrons. The number of aryl methyl sites for hydroxylation is 1. The molecule has 0 spiro atoms. The zero-order chi connectivity index (χ0) is 26.8. The summed E-state index contributed by atoms with van der Waals surface area (Å²) in [4.78, 5) is 29.9. The fourth-order valence-electron chi connectivity index (χ4n) is 4.46. The molecule has 1 aromatic heterocycles. The number of hydrogen-bond acceptors (Lipinski definition) is 4. The van der Waals surface area contributed by atoms with E-state index in [-0.39, 0.29) is 37.8 Å². The number of amides is 2. The van der Waals surface area contributed by atoms with Crippen LogP contribution in [-0.4, -0.2) is 54.6 Å². The normalized spacial score (nSPS) is 16.5. The number of carbonyl (C=O) groups is 2. The van der Waals surface area contributed by atoms with Gasteiger partial charge in [0.25, 0.3) is 5.91 Å². The van der Waals surface area contributed by atoms with Crippen LogP contribution < -0.4 is 11.1 Å². The van der Waals surface area contributed by atoms with E-state index in [1.807, 2.05) is 0 Å². The van der Waals surface area contributed by atoms with Crippen molar-refractivity contribution in [3.63, 3.8) is 0 Å². The van der Waals surface area contributed by atoms with Crippen molar-refractivity contribution in [1.82, 2.24) is 15.2 Å². The number of nitrogens with two attached hydrogens (primary N) is 1. The number of carbonyl (C=O) groups excluding carboxylic acids is 2. The van der Waals surface area contributed by atoms with Gasteiger partial charge in [-0.15, -0.1) is 0 Å². The molecule has 1 heterocycles. The minimum Gasteiger partial charge on any atom is -0.365 e. The lowest BCUT2D eigenvalue weighted by Crippen LogP contribution is -2.42. The van der Waals surface area contributed by atoms with E-state index in [4.69, 9.17) is 5.73 Å². The minimum atomic E-state index is -4.46. The van der Waals surface area contributed by atoms with Crippen molar-refractivity contribution in [3.8, 4) is 0 Å². The van der Waals surface area contributed by atoms with E-state index in [9.17, 15) is 31.5 Å². The summed E-state index contributed by atoms with van der Waals surface area (Å²) in [5, 5.41) is 2.68. The van der Waals surface area contributed by atoms with Gasteiger partial charge in [0.15, 0.2) is 0 Å². The highest BCUT2D eigenvalue weighted by Crippen LogP contribution is 2.66. The van der Waals surface area contributed by atoms with Gasteiger partial charge >= 0.3 is 6.18 Å². The van der Waals surface area contributed by atoms with Crippen molar-refractivity contribution in [2.75, 3.05) is 20.6 Å². The first-order valence-corrected chi connectivity index (χ1v) is 11.5. The lowest BCUT2D eigenvalue weighted by molar-refractivity contribution is -0.194. The molecular formula is C25H29F5N4O2. The molecule has 1 fully saturated rings. The Morgan fingerprint density at radius 3 is 2.22 bits per heavy atom. The van der Waals surface area contributed by atoms with E-state index in [2.05, 4.69) is 10.3 Å². The summed E-state index contributed by atoms with van der Waals surface area (Å²) >= 11 is 0. The summed E-state index contributed by atoms with van der Waals surface area (Å²) in [6, 6.07) is 4.78. The lowest BCUT2D eigenvalue weighted by Gasteiger charge is -2.30. The van der Waals surface area contributed by atoms with E-state index >= 15 is 0 Å². The smallest absolute Gasteiger partial charge is 0.365 e. The van der Waals surface area contributed by atoms with Crippen LogP contribution >= 0.6 is 0 Å². The molecule has 0 bridgehead atoms. The van der Waals surface area contributed by atoms with Gasteiger partial charge in [-0.2, -0.15) is 13.2 Å². The number of pyridine rings is 1. The molecule has 0 unspecified atom stereocenters. The number of benzene rings is 1. The van der Waals surface area contributed by atoms with Gasteiger partial charge in [0, 0.05) is 36.8 Å². The van der Waals surface area contributed by atoms with Crippen molar-refractivity contribution in [2.45, 2.75) is 50.7 Å². The first-order valence-electron chi connectivity index (χ1n) is 11.5. The van der Waals surface area contributed by atoms with Gasteiger partial charge in [0.1, 0.15) is 17.2 Å². The number of nitrogens with zero attached hydrogens (tertiary/aromatic N) is 2. The van der Waals surface area contributed by atoms with Gasteiger partial charge in [0.05, 0.1) is 5.41 Å². The number of halogens is 5. The summed E-state index contributed by atoms with van der Waals surface area (Å²) in [5.41, 5.74) is 3.46. The molecule has 36 heavy (non-hydrogen) atoms. The summed E-state index contributed by atoms with van der Waals surface area (Å²) in [7, 11) is 3.40. The molecule has 11 heteroatoms. The molecule has 2 atom stereocenters. The van der Waals surface area contributed by atoms with Crippen LogP contribution in [0.5, 0.6) is 0 Å². The molecule has 1 saturated carbocycles. The van der Waals surface area contributed by atoms with Crippen LogP contribution in [0.3, 0.4) is 0 Å². The van der Waals surface area contributed by atoms with Crippen molar-refractivity contribution < 1.29 is 31.5 Å². The zero-order valence-corrected chi connectivity index (χ0v) is 20.3. The van der Waals surface area contributed by atoms with Gasteiger partial charge in [0.2, 0.25) is 5.91 Å². The largest absolute Gasteiger partial charge is 0.395 e. The molecular weight excluding hydrogens is 483 g/mol. The molecule has 2 amide bonds. The van der Waals surface area contributed by atoms with E-state index in [0.29, 0.717) is 11.3 Å². The van der Waals surface area contributed by atoms with Gasteiger partial charge < -0.3 is 16.0 Å². The van der Waals surface area contributed by atoms with E-state index < -0.39 is 52.6 Å². The van der Waals surface area contributed by atoms with Crippen LogP contribution in [-0.2, 0) is 11.2 Å². The monoisotopic (exact) mass is 512 g/mol. The number of rotatable bonds is 10. The fraction of sp³-hybridized carbons (Fsp3) is 0.480. The highest BCUT2D eigenvalue weighted by Gasteiger charge is 2.67. The van der Waals surface area contributed by atoms with Crippen molar-refractivity contribution >= 4 is 11.8 Å². The Balaban J connectivity index is 1.72.